The zero-order valence-electron chi connectivity index (χ0n) is 12.5. The lowest BCUT2D eigenvalue weighted by Gasteiger charge is -2.24. The van der Waals surface area contributed by atoms with Crippen molar-refractivity contribution >= 4 is 29.9 Å². The highest BCUT2D eigenvalue weighted by Crippen LogP contribution is 2.17. The van der Waals surface area contributed by atoms with Crippen molar-refractivity contribution in [3.8, 4) is 0 Å². The second-order valence-electron chi connectivity index (χ2n) is 5.15. The summed E-state index contributed by atoms with van der Waals surface area (Å²) in [6.07, 6.45) is 6.45. The van der Waals surface area contributed by atoms with Crippen LogP contribution >= 0.6 is 24.0 Å². The van der Waals surface area contributed by atoms with Gasteiger partial charge >= 0.3 is 0 Å². The normalized spacial score (nSPS) is 16.6. The number of nitrogens with zero attached hydrogens (tertiary/aromatic N) is 2. The van der Waals surface area contributed by atoms with Crippen molar-refractivity contribution in [2.24, 2.45) is 4.99 Å². The number of aromatic nitrogens is 1. The molecule has 0 radical (unpaired) electrons. The quantitative estimate of drug-likeness (QED) is 0.472. The smallest absolute Gasteiger partial charge is 0.214 e. The van der Waals surface area contributed by atoms with Crippen molar-refractivity contribution in [1.82, 2.24) is 15.6 Å². The second kappa shape index (κ2) is 8.49. The lowest BCUT2D eigenvalue weighted by Crippen LogP contribution is -2.43. The van der Waals surface area contributed by atoms with Gasteiger partial charge in [-0.1, -0.05) is 19.3 Å². The molecule has 2 rings (SSSR count). The first kappa shape index (κ1) is 17.3. The molecule has 0 unspecified atom stereocenters. The van der Waals surface area contributed by atoms with Gasteiger partial charge in [-0.25, -0.2) is 4.98 Å². The predicted octanol–water partition coefficient (Wildman–Crippen LogP) is 2.91. The van der Waals surface area contributed by atoms with Gasteiger partial charge < -0.3 is 15.1 Å². The van der Waals surface area contributed by atoms with E-state index >= 15 is 0 Å². The van der Waals surface area contributed by atoms with Crippen LogP contribution in [0.2, 0.25) is 0 Å². The lowest BCUT2D eigenvalue weighted by atomic mass is 9.96. The topological polar surface area (TPSA) is 62.5 Å². The Hall–Kier alpha value is -0.790. The molecule has 1 aliphatic rings. The molecule has 0 atom stereocenters. The first-order valence-corrected chi connectivity index (χ1v) is 7.09. The van der Waals surface area contributed by atoms with Crippen LogP contribution in [-0.4, -0.2) is 24.0 Å². The van der Waals surface area contributed by atoms with Gasteiger partial charge in [0.05, 0.1) is 12.2 Å². The lowest BCUT2D eigenvalue weighted by molar-refractivity contribution is 0.408. The first-order chi connectivity index (χ1) is 9.19. The maximum absolute atomic E-state index is 5.54. The van der Waals surface area contributed by atoms with Crippen molar-refractivity contribution in [2.45, 2.75) is 58.5 Å². The number of rotatable bonds is 3. The monoisotopic (exact) mass is 392 g/mol. The summed E-state index contributed by atoms with van der Waals surface area (Å²) < 4.78 is 5.54. The van der Waals surface area contributed by atoms with E-state index in [0.29, 0.717) is 18.5 Å². The zero-order valence-corrected chi connectivity index (χ0v) is 14.9. The van der Waals surface area contributed by atoms with Crippen LogP contribution in [0.1, 0.15) is 49.4 Å². The molecule has 0 amide bonds. The van der Waals surface area contributed by atoms with Gasteiger partial charge in [-0.05, 0) is 26.7 Å². The molecule has 20 heavy (non-hydrogen) atoms. The molecule has 1 saturated carbocycles. The zero-order chi connectivity index (χ0) is 13.7. The van der Waals surface area contributed by atoms with Crippen LogP contribution in [0.4, 0.5) is 0 Å². The molecule has 0 spiro atoms. The number of oxazole rings is 1. The summed E-state index contributed by atoms with van der Waals surface area (Å²) in [6, 6.07) is 0.549. The summed E-state index contributed by atoms with van der Waals surface area (Å²) in [5.41, 5.74) is 0.951. The van der Waals surface area contributed by atoms with Gasteiger partial charge in [0, 0.05) is 13.1 Å². The van der Waals surface area contributed by atoms with Crippen LogP contribution in [0.25, 0.3) is 0 Å². The van der Waals surface area contributed by atoms with Crippen LogP contribution < -0.4 is 10.6 Å². The van der Waals surface area contributed by atoms with Crippen molar-refractivity contribution in [1.29, 1.82) is 0 Å². The fourth-order valence-electron chi connectivity index (χ4n) is 2.41. The number of aryl methyl sites for hydroxylation is 2. The highest BCUT2D eigenvalue weighted by Gasteiger charge is 2.14. The third-order valence-electron chi connectivity index (χ3n) is 3.65. The van der Waals surface area contributed by atoms with E-state index in [9.17, 15) is 0 Å². The Bertz CT molecular complexity index is 419. The molecule has 2 N–H and O–H groups in total. The molecule has 1 aliphatic carbocycles. The molecule has 1 fully saturated rings. The summed E-state index contributed by atoms with van der Waals surface area (Å²) in [4.78, 5) is 8.60. The van der Waals surface area contributed by atoms with E-state index in [1.165, 1.54) is 32.1 Å². The predicted molar refractivity (Wildman–Crippen MR) is 91.6 cm³/mol. The average molecular weight is 392 g/mol. The Morgan fingerprint density at radius 1 is 1.30 bits per heavy atom. The van der Waals surface area contributed by atoms with E-state index in [2.05, 4.69) is 20.6 Å². The minimum Gasteiger partial charge on any atom is -0.444 e. The highest BCUT2D eigenvalue weighted by atomic mass is 127. The molecular weight excluding hydrogens is 367 g/mol. The highest BCUT2D eigenvalue weighted by molar-refractivity contribution is 14.0. The molecule has 0 saturated heterocycles. The molecule has 5 nitrogen and oxygen atoms in total. The van der Waals surface area contributed by atoms with Crippen LogP contribution in [0, 0.1) is 13.8 Å². The largest absolute Gasteiger partial charge is 0.444 e. The van der Waals surface area contributed by atoms with Gasteiger partial charge in [0.1, 0.15) is 5.76 Å². The summed E-state index contributed by atoms with van der Waals surface area (Å²) in [6.45, 7) is 4.46. The fourth-order valence-corrected chi connectivity index (χ4v) is 2.41. The number of aliphatic imine (C=N–C) groups is 1. The molecule has 1 heterocycles. The molecule has 1 aromatic rings. The number of nitrogens with one attached hydrogen (secondary N) is 2. The van der Waals surface area contributed by atoms with E-state index in [1.807, 2.05) is 13.8 Å². The molecule has 0 bridgehead atoms. The van der Waals surface area contributed by atoms with Gasteiger partial charge in [-0.15, -0.1) is 24.0 Å². The molecule has 0 aromatic carbocycles. The minimum absolute atomic E-state index is 0. The third-order valence-corrected chi connectivity index (χ3v) is 3.65. The number of hydrogen-bond donors (Lipinski definition) is 2. The Morgan fingerprint density at radius 3 is 2.55 bits per heavy atom. The summed E-state index contributed by atoms with van der Waals surface area (Å²) in [5, 5.41) is 6.72. The van der Waals surface area contributed by atoms with Gasteiger partial charge in [0.15, 0.2) is 5.96 Å². The van der Waals surface area contributed by atoms with Crippen LogP contribution in [0.3, 0.4) is 0 Å². The second-order valence-corrected chi connectivity index (χ2v) is 5.15. The maximum Gasteiger partial charge on any atom is 0.214 e. The van der Waals surface area contributed by atoms with Crippen LogP contribution in [-0.2, 0) is 6.54 Å². The van der Waals surface area contributed by atoms with Gasteiger partial charge in [0.25, 0.3) is 0 Å². The van der Waals surface area contributed by atoms with E-state index in [-0.39, 0.29) is 24.0 Å². The Labute approximate surface area is 138 Å². The Balaban J connectivity index is 0.00000200. The fraction of sp³-hybridized carbons (Fsp3) is 0.714. The molecule has 114 valence electrons. The third kappa shape index (κ3) is 4.96. The van der Waals surface area contributed by atoms with Crippen LogP contribution in [0.5, 0.6) is 0 Å². The van der Waals surface area contributed by atoms with E-state index in [0.717, 1.165) is 17.4 Å². The number of guanidine groups is 1. The van der Waals surface area contributed by atoms with Crippen LogP contribution in [0.15, 0.2) is 9.41 Å². The maximum atomic E-state index is 5.54. The average Bonchev–Trinajstić information content (AvgIpc) is 2.75. The Morgan fingerprint density at radius 2 is 2.00 bits per heavy atom. The van der Waals surface area contributed by atoms with E-state index < -0.39 is 0 Å². The van der Waals surface area contributed by atoms with Gasteiger partial charge in [-0.3, -0.25) is 4.99 Å². The summed E-state index contributed by atoms with van der Waals surface area (Å²) >= 11 is 0. The van der Waals surface area contributed by atoms with Gasteiger partial charge in [-0.2, -0.15) is 0 Å². The standard InChI is InChI=1S/C14H24N4O.HI/c1-10-11(2)19-13(17-10)9-16-14(15-3)18-12-7-5-4-6-8-12;/h12H,4-9H2,1-3H3,(H2,15,16,18);1H. The summed E-state index contributed by atoms with van der Waals surface area (Å²) in [7, 11) is 1.80. The van der Waals surface area contributed by atoms with Crippen molar-refractivity contribution < 1.29 is 4.42 Å². The van der Waals surface area contributed by atoms with Gasteiger partial charge in [0.2, 0.25) is 5.89 Å². The van der Waals surface area contributed by atoms with Crippen molar-refractivity contribution in [3.63, 3.8) is 0 Å². The molecule has 6 heteroatoms. The number of halogens is 1. The van der Waals surface area contributed by atoms with E-state index in [1.54, 1.807) is 7.05 Å². The van der Waals surface area contributed by atoms with Crippen molar-refractivity contribution in [3.05, 3.63) is 17.3 Å². The molecule has 0 aliphatic heterocycles. The SMILES string of the molecule is CN=C(NCc1nc(C)c(C)o1)NC1CCCCC1.I. The first-order valence-electron chi connectivity index (χ1n) is 7.09. The molecular formula is C14H25IN4O. The van der Waals surface area contributed by atoms with E-state index in [4.69, 9.17) is 4.42 Å². The van der Waals surface area contributed by atoms with Crippen molar-refractivity contribution in [2.75, 3.05) is 7.05 Å². The Kier molecular flexibility index (Phi) is 7.32. The number of hydrogen-bond acceptors (Lipinski definition) is 3. The minimum atomic E-state index is 0. The summed E-state index contributed by atoms with van der Waals surface area (Å²) in [5.74, 6) is 2.43. The molecule has 1 aromatic heterocycles.